The second-order valence-corrected chi connectivity index (χ2v) is 7.82. The largest absolute Gasteiger partial charge is 0.323 e. The van der Waals surface area contributed by atoms with Crippen molar-refractivity contribution in [2.75, 3.05) is 0 Å². The minimum Gasteiger partial charge on any atom is -0.323 e. The lowest BCUT2D eigenvalue weighted by Gasteiger charge is -2.23. The minimum absolute atomic E-state index is 0.162. The standard InChI is InChI=1S/C15H24N2OSi/c1-5-9-15(18)13(2)16-17(19(3)4)12-14-10-7-6-8-11-14/h6-8,10-11,19H,5,9,12H2,1-4H3. The van der Waals surface area contributed by atoms with Crippen LogP contribution in [0.25, 0.3) is 0 Å². The van der Waals surface area contributed by atoms with Crippen LogP contribution in [-0.2, 0) is 11.3 Å². The molecule has 0 saturated heterocycles. The summed E-state index contributed by atoms with van der Waals surface area (Å²) in [5.74, 6) is 0.162. The van der Waals surface area contributed by atoms with Crippen LogP contribution < -0.4 is 0 Å². The van der Waals surface area contributed by atoms with E-state index >= 15 is 0 Å². The zero-order valence-corrected chi connectivity index (χ0v) is 13.5. The number of nitrogens with zero attached hydrogens (tertiary/aromatic N) is 2. The predicted molar refractivity (Wildman–Crippen MR) is 83.9 cm³/mol. The predicted octanol–water partition coefficient (Wildman–Crippen LogP) is 3.22. The number of benzene rings is 1. The van der Waals surface area contributed by atoms with Crippen molar-refractivity contribution in [3.63, 3.8) is 0 Å². The highest BCUT2D eigenvalue weighted by Gasteiger charge is 2.12. The van der Waals surface area contributed by atoms with Crippen LogP contribution in [0.1, 0.15) is 32.3 Å². The van der Waals surface area contributed by atoms with Gasteiger partial charge < -0.3 is 4.67 Å². The molecule has 0 spiro atoms. The summed E-state index contributed by atoms with van der Waals surface area (Å²) in [6.45, 7) is 9.09. The minimum atomic E-state index is -1.08. The van der Waals surface area contributed by atoms with Crippen molar-refractivity contribution in [2.24, 2.45) is 5.10 Å². The van der Waals surface area contributed by atoms with Gasteiger partial charge in [0.1, 0.15) is 0 Å². The smallest absolute Gasteiger partial charge is 0.178 e. The van der Waals surface area contributed by atoms with Crippen molar-refractivity contribution in [1.29, 1.82) is 0 Å². The quantitative estimate of drug-likeness (QED) is 0.435. The molecule has 0 atom stereocenters. The third-order valence-corrected chi connectivity index (χ3v) is 4.43. The molecule has 0 amide bonds. The van der Waals surface area contributed by atoms with Gasteiger partial charge in [0.25, 0.3) is 0 Å². The van der Waals surface area contributed by atoms with Crippen LogP contribution >= 0.6 is 0 Å². The molecule has 19 heavy (non-hydrogen) atoms. The Balaban J connectivity index is 2.78. The SMILES string of the molecule is CCCC(=O)C(C)=NN(Cc1ccccc1)[SiH](C)C. The second-order valence-electron chi connectivity index (χ2n) is 5.04. The molecule has 0 saturated carbocycles. The molecule has 3 nitrogen and oxygen atoms in total. The third kappa shape index (κ3) is 5.38. The average Bonchev–Trinajstić information content (AvgIpc) is 2.39. The van der Waals surface area contributed by atoms with Gasteiger partial charge in [-0.15, -0.1) is 0 Å². The highest BCUT2D eigenvalue weighted by molar-refractivity contribution is 6.52. The van der Waals surface area contributed by atoms with E-state index < -0.39 is 8.96 Å². The molecule has 0 aliphatic rings. The van der Waals surface area contributed by atoms with Crippen LogP contribution in [-0.4, -0.2) is 25.1 Å². The fourth-order valence-corrected chi connectivity index (χ4v) is 2.74. The van der Waals surface area contributed by atoms with Crippen molar-refractivity contribution >= 4 is 20.5 Å². The molecule has 0 aromatic heterocycles. The van der Waals surface area contributed by atoms with Crippen molar-refractivity contribution in [3.8, 4) is 0 Å². The van der Waals surface area contributed by atoms with E-state index in [2.05, 4.69) is 35.0 Å². The number of rotatable bonds is 7. The van der Waals surface area contributed by atoms with Gasteiger partial charge in [0, 0.05) is 6.42 Å². The highest BCUT2D eigenvalue weighted by atomic mass is 28.3. The topological polar surface area (TPSA) is 32.7 Å². The zero-order chi connectivity index (χ0) is 14.3. The molecule has 0 heterocycles. The molecule has 0 fully saturated rings. The molecule has 1 aromatic rings. The first kappa shape index (κ1) is 15.6. The zero-order valence-electron chi connectivity index (χ0n) is 12.4. The Labute approximate surface area is 118 Å². The molecule has 0 radical (unpaired) electrons. The summed E-state index contributed by atoms with van der Waals surface area (Å²) < 4.78 is 2.11. The first-order valence-corrected chi connectivity index (χ1v) is 9.76. The van der Waals surface area contributed by atoms with Gasteiger partial charge >= 0.3 is 0 Å². The number of hydrogen-bond acceptors (Lipinski definition) is 3. The Morgan fingerprint density at radius 1 is 1.26 bits per heavy atom. The van der Waals surface area contributed by atoms with Crippen LogP contribution in [0.3, 0.4) is 0 Å². The Morgan fingerprint density at radius 2 is 1.89 bits per heavy atom. The van der Waals surface area contributed by atoms with Crippen LogP contribution in [0, 0.1) is 0 Å². The molecule has 0 aliphatic heterocycles. The normalized spacial score (nSPS) is 11.7. The van der Waals surface area contributed by atoms with E-state index in [0.717, 1.165) is 13.0 Å². The van der Waals surface area contributed by atoms with Gasteiger partial charge in [-0.3, -0.25) is 4.79 Å². The Hall–Kier alpha value is -1.42. The van der Waals surface area contributed by atoms with Crippen molar-refractivity contribution in [2.45, 2.75) is 46.3 Å². The van der Waals surface area contributed by atoms with Crippen LogP contribution in [0.2, 0.25) is 13.1 Å². The number of Topliss-reactive ketones (excluding diaryl/α,β-unsaturated/α-hetero) is 1. The maximum atomic E-state index is 11.8. The van der Waals surface area contributed by atoms with Gasteiger partial charge in [0.05, 0.1) is 12.3 Å². The number of hydrogen-bond donors (Lipinski definition) is 0. The van der Waals surface area contributed by atoms with Crippen LogP contribution in [0.15, 0.2) is 35.4 Å². The molecule has 1 aromatic carbocycles. The van der Waals surface area contributed by atoms with Crippen molar-refractivity contribution in [3.05, 3.63) is 35.9 Å². The van der Waals surface area contributed by atoms with Gasteiger partial charge in [-0.2, -0.15) is 5.10 Å². The van der Waals surface area contributed by atoms with E-state index in [0.29, 0.717) is 12.1 Å². The van der Waals surface area contributed by atoms with E-state index in [1.54, 1.807) is 0 Å². The second kappa shape index (κ2) is 7.89. The van der Waals surface area contributed by atoms with Crippen LogP contribution in [0.4, 0.5) is 0 Å². The summed E-state index contributed by atoms with van der Waals surface area (Å²) in [5, 5.41) is 4.55. The summed E-state index contributed by atoms with van der Waals surface area (Å²) in [6.07, 6.45) is 1.47. The van der Waals surface area contributed by atoms with Gasteiger partial charge in [-0.1, -0.05) is 50.3 Å². The van der Waals surface area contributed by atoms with Gasteiger partial charge in [0.2, 0.25) is 0 Å². The summed E-state index contributed by atoms with van der Waals surface area (Å²) in [5.41, 5.74) is 1.88. The van der Waals surface area contributed by atoms with Gasteiger partial charge in [-0.25, -0.2) is 0 Å². The molecular weight excluding hydrogens is 252 g/mol. The molecule has 1 rings (SSSR count). The van der Waals surface area contributed by atoms with Gasteiger partial charge in [0.15, 0.2) is 14.7 Å². The summed E-state index contributed by atoms with van der Waals surface area (Å²) >= 11 is 0. The van der Waals surface area contributed by atoms with Crippen molar-refractivity contribution < 1.29 is 4.79 Å². The fraction of sp³-hybridized carbons (Fsp3) is 0.467. The lowest BCUT2D eigenvalue weighted by molar-refractivity contribution is -0.113. The molecule has 104 valence electrons. The van der Waals surface area contributed by atoms with Gasteiger partial charge in [-0.05, 0) is 18.9 Å². The number of hydrazone groups is 1. The molecular formula is C15H24N2OSi. The monoisotopic (exact) mass is 276 g/mol. The number of ketones is 1. The first-order valence-electron chi connectivity index (χ1n) is 6.93. The summed E-state index contributed by atoms with van der Waals surface area (Å²) in [4.78, 5) is 11.8. The molecule has 4 heteroatoms. The summed E-state index contributed by atoms with van der Waals surface area (Å²) in [7, 11) is -1.08. The molecule has 0 aliphatic carbocycles. The maximum Gasteiger partial charge on any atom is 0.178 e. The van der Waals surface area contributed by atoms with Crippen molar-refractivity contribution in [1.82, 2.24) is 4.67 Å². The highest BCUT2D eigenvalue weighted by Crippen LogP contribution is 2.08. The lowest BCUT2D eigenvalue weighted by Crippen LogP contribution is -2.31. The number of carbonyl (C=O) groups excluding carboxylic acids is 1. The van der Waals surface area contributed by atoms with Crippen LogP contribution in [0.5, 0.6) is 0 Å². The Kier molecular flexibility index (Phi) is 6.49. The molecule has 0 N–H and O–H groups in total. The fourth-order valence-electron chi connectivity index (χ4n) is 1.76. The lowest BCUT2D eigenvalue weighted by atomic mass is 10.2. The third-order valence-electron chi connectivity index (χ3n) is 2.94. The molecule has 0 bridgehead atoms. The molecule has 0 unspecified atom stereocenters. The number of carbonyl (C=O) groups is 1. The Morgan fingerprint density at radius 3 is 2.42 bits per heavy atom. The summed E-state index contributed by atoms with van der Waals surface area (Å²) in [6, 6.07) is 10.3. The average molecular weight is 276 g/mol. The first-order chi connectivity index (χ1) is 9.04. The van der Waals surface area contributed by atoms with E-state index in [9.17, 15) is 4.79 Å². The van der Waals surface area contributed by atoms with E-state index in [-0.39, 0.29) is 5.78 Å². The van der Waals surface area contributed by atoms with E-state index in [1.807, 2.05) is 32.0 Å². The van der Waals surface area contributed by atoms with E-state index in [4.69, 9.17) is 0 Å². The van der Waals surface area contributed by atoms with E-state index in [1.165, 1.54) is 5.56 Å². The Bertz CT molecular complexity index is 429. The maximum absolute atomic E-state index is 11.8.